The Balaban J connectivity index is 2.06. The zero-order valence-corrected chi connectivity index (χ0v) is 11.6. The molecule has 1 aromatic rings. The highest BCUT2D eigenvalue weighted by atomic mass is 16.1. The third-order valence-electron chi connectivity index (χ3n) is 3.47. The predicted octanol–water partition coefficient (Wildman–Crippen LogP) is 2.69. The first-order chi connectivity index (χ1) is 10.2. The van der Waals surface area contributed by atoms with Gasteiger partial charge in [0, 0.05) is 22.5 Å². The fraction of sp³-hybridized carbons (Fsp3) is 0.0588. The minimum atomic E-state index is -0.202. The van der Waals surface area contributed by atoms with Crippen LogP contribution in [-0.4, -0.2) is 11.6 Å². The second-order valence-corrected chi connectivity index (χ2v) is 4.74. The van der Waals surface area contributed by atoms with Crippen LogP contribution in [0.4, 0.5) is 5.69 Å². The van der Waals surface area contributed by atoms with Gasteiger partial charge < -0.3 is 10.6 Å². The van der Waals surface area contributed by atoms with Gasteiger partial charge in [0.2, 0.25) is 11.6 Å². The Bertz CT molecular complexity index is 767. The van der Waals surface area contributed by atoms with Gasteiger partial charge in [0.05, 0.1) is 0 Å². The van der Waals surface area contributed by atoms with Crippen molar-refractivity contribution in [2.45, 2.75) is 6.92 Å². The van der Waals surface area contributed by atoms with Gasteiger partial charge in [-0.25, -0.2) is 0 Å². The number of Topliss-reactive ketones (excluding diaryl/α,β-unsaturated/α-hetero) is 2. The molecule has 2 heterocycles. The molecular formula is C17H14N2O2. The minimum absolute atomic E-state index is 0.174. The largest absolute Gasteiger partial charge is 0.350 e. The summed E-state index contributed by atoms with van der Waals surface area (Å²) in [7, 11) is 0. The van der Waals surface area contributed by atoms with E-state index in [-0.39, 0.29) is 17.3 Å². The SMILES string of the molecule is C=CC1=C(/C=C\C)C(=O)/C(=C2\Nc3ccccc3C2=O)N1. The average Bonchev–Trinajstić information content (AvgIpc) is 2.99. The average molecular weight is 278 g/mol. The van der Waals surface area contributed by atoms with Gasteiger partial charge in [0.25, 0.3) is 0 Å². The quantitative estimate of drug-likeness (QED) is 0.817. The van der Waals surface area contributed by atoms with E-state index in [1.165, 1.54) is 0 Å². The fourth-order valence-electron chi connectivity index (χ4n) is 2.48. The molecular weight excluding hydrogens is 264 g/mol. The van der Waals surface area contributed by atoms with E-state index >= 15 is 0 Å². The lowest BCUT2D eigenvalue weighted by molar-refractivity contribution is -0.111. The van der Waals surface area contributed by atoms with Gasteiger partial charge in [-0.15, -0.1) is 0 Å². The van der Waals surface area contributed by atoms with Crippen LogP contribution in [0.15, 0.2) is 71.7 Å². The summed E-state index contributed by atoms with van der Waals surface area (Å²) in [6.07, 6.45) is 5.07. The number of carbonyl (C=O) groups excluding carboxylic acids is 2. The lowest BCUT2D eigenvalue weighted by Crippen LogP contribution is -2.18. The second kappa shape index (κ2) is 4.90. The third kappa shape index (κ3) is 1.92. The number of anilines is 1. The first-order valence-corrected chi connectivity index (χ1v) is 6.63. The maximum atomic E-state index is 12.5. The molecule has 21 heavy (non-hydrogen) atoms. The third-order valence-corrected chi connectivity index (χ3v) is 3.47. The van der Waals surface area contributed by atoms with Crippen LogP contribution in [0, 0.1) is 0 Å². The summed E-state index contributed by atoms with van der Waals surface area (Å²) in [5.74, 6) is -0.377. The van der Waals surface area contributed by atoms with Crippen molar-refractivity contribution < 1.29 is 9.59 Å². The van der Waals surface area contributed by atoms with E-state index < -0.39 is 0 Å². The maximum absolute atomic E-state index is 12.5. The van der Waals surface area contributed by atoms with Crippen LogP contribution in [0.2, 0.25) is 0 Å². The van der Waals surface area contributed by atoms with E-state index in [2.05, 4.69) is 17.2 Å². The molecule has 0 spiro atoms. The molecule has 0 radical (unpaired) electrons. The first kappa shape index (κ1) is 13.1. The number of hydrogen-bond donors (Lipinski definition) is 2. The van der Waals surface area contributed by atoms with Crippen LogP contribution in [0.5, 0.6) is 0 Å². The standard InChI is InChI=1S/C17H14N2O2/c1-3-7-10-12(4-2)18-14(16(10)20)15-17(21)11-8-5-6-9-13(11)19-15/h3-9,18-19H,2H2,1H3/b7-3-,15-14+. The predicted molar refractivity (Wildman–Crippen MR) is 81.6 cm³/mol. The topological polar surface area (TPSA) is 58.2 Å². The highest BCUT2D eigenvalue weighted by molar-refractivity contribution is 6.25. The Morgan fingerprint density at radius 3 is 2.43 bits per heavy atom. The molecule has 0 aromatic heterocycles. The van der Waals surface area contributed by atoms with Crippen molar-refractivity contribution in [2.24, 2.45) is 0 Å². The molecule has 0 fully saturated rings. The molecule has 104 valence electrons. The summed E-state index contributed by atoms with van der Waals surface area (Å²) >= 11 is 0. The van der Waals surface area contributed by atoms with E-state index in [1.54, 1.807) is 30.4 Å². The lowest BCUT2D eigenvalue weighted by atomic mass is 10.1. The van der Waals surface area contributed by atoms with Crippen molar-refractivity contribution in [1.29, 1.82) is 0 Å². The Morgan fingerprint density at radius 2 is 1.76 bits per heavy atom. The van der Waals surface area contributed by atoms with Crippen LogP contribution in [0.25, 0.3) is 0 Å². The molecule has 2 aliphatic rings. The number of para-hydroxylation sites is 1. The molecule has 0 unspecified atom stereocenters. The minimum Gasteiger partial charge on any atom is -0.350 e. The lowest BCUT2D eigenvalue weighted by Gasteiger charge is -2.04. The maximum Gasteiger partial charge on any atom is 0.213 e. The summed E-state index contributed by atoms with van der Waals surface area (Å²) in [5, 5.41) is 6.02. The monoisotopic (exact) mass is 278 g/mol. The molecule has 2 aliphatic heterocycles. The summed E-state index contributed by atoms with van der Waals surface area (Å²) in [6, 6.07) is 7.20. The molecule has 2 N–H and O–H groups in total. The molecule has 0 saturated heterocycles. The van der Waals surface area contributed by atoms with Gasteiger partial charge in [0.15, 0.2) is 0 Å². The zero-order valence-electron chi connectivity index (χ0n) is 11.6. The Hall–Kier alpha value is -2.88. The van der Waals surface area contributed by atoms with Crippen molar-refractivity contribution in [2.75, 3.05) is 5.32 Å². The Morgan fingerprint density at radius 1 is 1.05 bits per heavy atom. The van der Waals surface area contributed by atoms with Gasteiger partial charge in [0.1, 0.15) is 11.4 Å². The van der Waals surface area contributed by atoms with Crippen molar-refractivity contribution in [1.82, 2.24) is 5.32 Å². The van der Waals surface area contributed by atoms with Crippen molar-refractivity contribution >= 4 is 17.3 Å². The summed E-state index contributed by atoms with van der Waals surface area (Å²) in [5.41, 5.74) is 3.00. The fourth-order valence-corrected chi connectivity index (χ4v) is 2.48. The second-order valence-electron chi connectivity index (χ2n) is 4.74. The molecule has 0 aliphatic carbocycles. The van der Waals surface area contributed by atoms with Crippen LogP contribution in [-0.2, 0) is 4.79 Å². The summed E-state index contributed by atoms with van der Waals surface area (Å²) in [6.45, 7) is 5.53. The summed E-state index contributed by atoms with van der Waals surface area (Å²) < 4.78 is 0. The molecule has 1 aromatic carbocycles. The highest BCUT2D eigenvalue weighted by Crippen LogP contribution is 2.31. The van der Waals surface area contributed by atoms with Crippen molar-refractivity contribution in [3.8, 4) is 0 Å². The molecule has 3 rings (SSSR count). The van der Waals surface area contributed by atoms with Gasteiger partial charge in [-0.2, -0.15) is 0 Å². The summed E-state index contributed by atoms with van der Waals surface area (Å²) in [4.78, 5) is 24.9. The Kier molecular flexibility index (Phi) is 3.06. The van der Waals surface area contributed by atoms with Crippen molar-refractivity contribution in [3.63, 3.8) is 0 Å². The smallest absolute Gasteiger partial charge is 0.213 e. The zero-order chi connectivity index (χ0) is 15.0. The number of hydrogen-bond acceptors (Lipinski definition) is 4. The van der Waals surface area contributed by atoms with Crippen LogP contribution < -0.4 is 10.6 Å². The number of ketones is 2. The number of fused-ring (bicyclic) bond motifs is 1. The highest BCUT2D eigenvalue weighted by Gasteiger charge is 2.34. The van der Waals surface area contributed by atoms with E-state index in [0.29, 0.717) is 22.5 Å². The number of allylic oxidation sites excluding steroid dienone is 5. The normalized spacial score (nSPS) is 20.8. The van der Waals surface area contributed by atoms with E-state index in [4.69, 9.17) is 0 Å². The molecule has 4 heteroatoms. The molecule has 0 bridgehead atoms. The Labute approximate surface area is 122 Å². The van der Waals surface area contributed by atoms with Gasteiger partial charge in [-0.05, 0) is 25.1 Å². The van der Waals surface area contributed by atoms with Crippen LogP contribution in [0.1, 0.15) is 17.3 Å². The molecule has 4 nitrogen and oxygen atoms in total. The van der Waals surface area contributed by atoms with Gasteiger partial charge in [-0.3, -0.25) is 9.59 Å². The molecule has 0 saturated carbocycles. The first-order valence-electron chi connectivity index (χ1n) is 6.63. The molecule has 0 atom stereocenters. The van der Waals surface area contributed by atoms with E-state index in [9.17, 15) is 9.59 Å². The van der Waals surface area contributed by atoms with Crippen LogP contribution in [0.3, 0.4) is 0 Å². The van der Waals surface area contributed by atoms with E-state index in [1.807, 2.05) is 19.1 Å². The molecule has 0 amide bonds. The number of carbonyl (C=O) groups is 2. The van der Waals surface area contributed by atoms with Gasteiger partial charge >= 0.3 is 0 Å². The van der Waals surface area contributed by atoms with E-state index in [0.717, 1.165) is 5.69 Å². The van der Waals surface area contributed by atoms with Gasteiger partial charge in [-0.1, -0.05) is 30.9 Å². The van der Waals surface area contributed by atoms with Crippen LogP contribution >= 0.6 is 0 Å². The number of rotatable bonds is 2. The number of benzene rings is 1. The number of nitrogens with one attached hydrogen (secondary N) is 2. The van der Waals surface area contributed by atoms with Crippen molar-refractivity contribution in [3.05, 3.63) is 77.3 Å².